The molecule has 0 aromatic heterocycles. The molecule has 2 aliphatic rings. The molecule has 2 atom stereocenters. The summed E-state index contributed by atoms with van der Waals surface area (Å²) < 4.78 is 0. The van der Waals surface area contributed by atoms with E-state index in [1.165, 1.54) is 70.9 Å². The van der Waals surface area contributed by atoms with E-state index in [-0.39, 0.29) is 0 Å². The predicted molar refractivity (Wildman–Crippen MR) is 79.0 cm³/mol. The van der Waals surface area contributed by atoms with Crippen LogP contribution in [0.4, 0.5) is 0 Å². The van der Waals surface area contributed by atoms with Crippen molar-refractivity contribution in [3.05, 3.63) is 0 Å². The second-order valence-electron chi connectivity index (χ2n) is 6.47. The van der Waals surface area contributed by atoms with Gasteiger partial charge in [0.25, 0.3) is 0 Å². The Labute approximate surface area is 114 Å². The summed E-state index contributed by atoms with van der Waals surface area (Å²) in [4.78, 5) is 2.73. The van der Waals surface area contributed by atoms with Gasteiger partial charge >= 0.3 is 0 Å². The van der Waals surface area contributed by atoms with Crippen molar-refractivity contribution in [2.75, 3.05) is 13.1 Å². The third-order valence-electron chi connectivity index (χ3n) is 4.60. The van der Waals surface area contributed by atoms with Crippen molar-refractivity contribution in [3.8, 4) is 0 Å². The molecule has 0 radical (unpaired) electrons. The molecular weight excluding hydrogens is 220 g/mol. The molecule has 1 aliphatic heterocycles. The number of nitrogens with zero attached hydrogens (tertiary/aromatic N) is 1. The topological polar surface area (TPSA) is 15.3 Å². The summed E-state index contributed by atoms with van der Waals surface area (Å²) in [5, 5.41) is 3.81. The Morgan fingerprint density at radius 2 is 1.94 bits per heavy atom. The molecule has 2 unspecified atom stereocenters. The van der Waals surface area contributed by atoms with Crippen LogP contribution >= 0.6 is 0 Å². The van der Waals surface area contributed by atoms with E-state index in [0.29, 0.717) is 0 Å². The largest absolute Gasteiger partial charge is 0.310 e. The molecule has 0 bridgehead atoms. The average Bonchev–Trinajstić information content (AvgIpc) is 3.19. The second-order valence-corrected chi connectivity index (χ2v) is 6.47. The molecule has 0 aromatic carbocycles. The van der Waals surface area contributed by atoms with Crippen LogP contribution in [-0.2, 0) is 0 Å². The summed E-state index contributed by atoms with van der Waals surface area (Å²) in [5.74, 6) is 0. The first-order valence-electron chi connectivity index (χ1n) is 8.29. The highest BCUT2D eigenvalue weighted by Gasteiger charge is 2.28. The Balaban J connectivity index is 1.63. The SMILES string of the molecule is CCCCCCC(C)N1CCCC(NC2CC2)C1. The lowest BCUT2D eigenvalue weighted by Gasteiger charge is -2.37. The number of unbranched alkanes of at least 4 members (excludes halogenated alkanes) is 3. The molecule has 1 saturated heterocycles. The summed E-state index contributed by atoms with van der Waals surface area (Å²) in [6.07, 6.45) is 12.6. The monoisotopic (exact) mass is 252 g/mol. The van der Waals surface area contributed by atoms with Crippen LogP contribution in [0.15, 0.2) is 0 Å². The van der Waals surface area contributed by atoms with E-state index >= 15 is 0 Å². The number of hydrogen-bond acceptors (Lipinski definition) is 2. The first kappa shape index (κ1) is 14.3. The van der Waals surface area contributed by atoms with Gasteiger partial charge in [-0.25, -0.2) is 0 Å². The van der Waals surface area contributed by atoms with Gasteiger partial charge < -0.3 is 5.32 Å². The maximum Gasteiger partial charge on any atom is 0.0198 e. The van der Waals surface area contributed by atoms with Gasteiger partial charge in [0, 0.05) is 24.7 Å². The normalized spacial score (nSPS) is 27.3. The number of piperidine rings is 1. The Hall–Kier alpha value is -0.0800. The zero-order chi connectivity index (χ0) is 12.8. The van der Waals surface area contributed by atoms with E-state index in [4.69, 9.17) is 0 Å². The molecule has 0 amide bonds. The minimum Gasteiger partial charge on any atom is -0.310 e. The Morgan fingerprint density at radius 1 is 1.11 bits per heavy atom. The number of rotatable bonds is 8. The lowest BCUT2D eigenvalue weighted by Crippen LogP contribution is -2.49. The molecule has 0 spiro atoms. The minimum atomic E-state index is 0.782. The van der Waals surface area contributed by atoms with Crippen LogP contribution in [0.25, 0.3) is 0 Å². The van der Waals surface area contributed by atoms with Gasteiger partial charge in [-0.05, 0) is 45.6 Å². The van der Waals surface area contributed by atoms with Crippen molar-refractivity contribution in [3.63, 3.8) is 0 Å². The predicted octanol–water partition coefficient (Wildman–Crippen LogP) is 3.56. The minimum absolute atomic E-state index is 0.782. The summed E-state index contributed by atoms with van der Waals surface area (Å²) >= 11 is 0. The van der Waals surface area contributed by atoms with Crippen molar-refractivity contribution >= 4 is 0 Å². The fourth-order valence-electron chi connectivity index (χ4n) is 3.18. The summed E-state index contributed by atoms with van der Waals surface area (Å²) in [6, 6.07) is 2.45. The van der Waals surface area contributed by atoms with Crippen LogP contribution in [0.1, 0.15) is 71.6 Å². The van der Waals surface area contributed by atoms with E-state index < -0.39 is 0 Å². The molecule has 106 valence electrons. The van der Waals surface area contributed by atoms with Gasteiger partial charge in [0.1, 0.15) is 0 Å². The highest BCUT2D eigenvalue weighted by Crippen LogP contribution is 2.23. The molecule has 2 rings (SSSR count). The van der Waals surface area contributed by atoms with Crippen molar-refractivity contribution < 1.29 is 0 Å². The molecule has 0 aromatic rings. The molecule has 1 saturated carbocycles. The van der Waals surface area contributed by atoms with Crippen molar-refractivity contribution in [1.82, 2.24) is 10.2 Å². The summed E-state index contributed by atoms with van der Waals surface area (Å²) in [6.45, 7) is 7.36. The van der Waals surface area contributed by atoms with Gasteiger partial charge in [0.05, 0.1) is 0 Å². The highest BCUT2D eigenvalue weighted by molar-refractivity contribution is 4.88. The first-order valence-corrected chi connectivity index (χ1v) is 8.29. The number of hydrogen-bond donors (Lipinski definition) is 1. The fourth-order valence-corrected chi connectivity index (χ4v) is 3.18. The molecule has 1 heterocycles. The van der Waals surface area contributed by atoms with Gasteiger partial charge in [-0.2, -0.15) is 0 Å². The maximum atomic E-state index is 3.81. The molecule has 2 nitrogen and oxygen atoms in total. The van der Waals surface area contributed by atoms with E-state index in [9.17, 15) is 0 Å². The van der Waals surface area contributed by atoms with E-state index in [1.54, 1.807) is 0 Å². The third-order valence-corrected chi connectivity index (χ3v) is 4.60. The van der Waals surface area contributed by atoms with Gasteiger partial charge in [0.2, 0.25) is 0 Å². The average molecular weight is 252 g/mol. The lowest BCUT2D eigenvalue weighted by molar-refractivity contribution is 0.137. The highest BCUT2D eigenvalue weighted by atomic mass is 15.2. The quantitative estimate of drug-likeness (QED) is 0.665. The van der Waals surface area contributed by atoms with Gasteiger partial charge in [-0.1, -0.05) is 32.6 Å². The molecular formula is C16H32N2. The van der Waals surface area contributed by atoms with Gasteiger partial charge in [0.15, 0.2) is 0 Å². The zero-order valence-electron chi connectivity index (χ0n) is 12.5. The fraction of sp³-hybridized carbons (Fsp3) is 1.00. The number of likely N-dealkylation sites (tertiary alicyclic amines) is 1. The van der Waals surface area contributed by atoms with Crippen LogP contribution < -0.4 is 5.32 Å². The number of nitrogens with one attached hydrogen (secondary N) is 1. The molecule has 1 N–H and O–H groups in total. The lowest BCUT2D eigenvalue weighted by atomic mass is 10.0. The first-order chi connectivity index (χ1) is 8.79. The Kier molecular flexibility index (Phi) is 5.97. The summed E-state index contributed by atoms with van der Waals surface area (Å²) in [5.41, 5.74) is 0. The molecule has 18 heavy (non-hydrogen) atoms. The summed E-state index contributed by atoms with van der Waals surface area (Å²) in [7, 11) is 0. The van der Waals surface area contributed by atoms with Crippen LogP contribution in [0, 0.1) is 0 Å². The van der Waals surface area contributed by atoms with Crippen molar-refractivity contribution in [2.24, 2.45) is 0 Å². The van der Waals surface area contributed by atoms with E-state index in [2.05, 4.69) is 24.1 Å². The van der Waals surface area contributed by atoms with E-state index in [1.807, 2.05) is 0 Å². The Morgan fingerprint density at radius 3 is 2.67 bits per heavy atom. The van der Waals surface area contributed by atoms with Crippen LogP contribution in [0.2, 0.25) is 0 Å². The van der Waals surface area contributed by atoms with E-state index in [0.717, 1.165) is 18.1 Å². The molecule has 2 heteroatoms. The van der Waals surface area contributed by atoms with Crippen LogP contribution in [0.3, 0.4) is 0 Å². The van der Waals surface area contributed by atoms with Crippen LogP contribution in [-0.4, -0.2) is 36.1 Å². The smallest absolute Gasteiger partial charge is 0.0198 e. The maximum absolute atomic E-state index is 3.81. The van der Waals surface area contributed by atoms with Gasteiger partial charge in [-0.3, -0.25) is 4.90 Å². The zero-order valence-corrected chi connectivity index (χ0v) is 12.5. The second kappa shape index (κ2) is 7.49. The third kappa shape index (κ3) is 4.89. The molecule has 2 fully saturated rings. The Bertz CT molecular complexity index is 225. The van der Waals surface area contributed by atoms with Crippen molar-refractivity contribution in [2.45, 2.75) is 89.8 Å². The van der Waals surface area contributed by atoms with Crippen LogP contribution in [0.5, 0.6) is 0 Å². The standard InChI is InChI=1S/C16H32N2/c1-3-4-5-6-8-14(2)18-12-7-9-16(13-18)17-15-10-11-15/h14-17H,3-13H2,1-2H3. The van der Waals surface area contributed by atoms with Crippen molar-refractivity contribution in [1.29, 1.82) is 0 Å². The van der Waals surface area contributed by atoms with Gasteiger partial charge in [-0.15, -0.1) is 0 Å². The molecule has 1 aliphatic carbocycles.